The standard InChI is InChI=1S/C15H22ClNO/c1-11(7-8-17)4-6-14(18)10-13-5-3-12(2)9-15(13)16/h3,5,9,11H,4,6-8,10,17H2,1-2H3. The Morgan fingerprint density at radius 2 is 2.11 bits per heavy atom. The van der Waals surface area contributed by atoms with Crippen molar-refractivity contribution in [1.82, 2.24) is 0 Å². The van der Waals surface area contributed by atoms with Gasteiger partial charge in [-0.3, -0.25) is 4.79 Å². The van der Waals surface area contributed by atoms with E-state index in [1.165, 1.54) is 0 Å². The Hall–Kier alpha value is -0.860. The quantitative estimate of drug-likeness (QED) is 0.821. The average Bonchev–Trinajstić information content (AvgIpc) is 2.31. The van der Waals surface area contributed by atoms with Crippen LogP contribution in [-0.2, 0) is 11.2 Å². The molecule has 0 aliphatic carbocycles. The number of rotatable bonds is 7. The summed E-state index contributed by atoms with van der Waals surface area (Å²) in [5.41, 5.74) is 7.54. The Morgan fingerprint density at radius 3 is 2.72 bits per heavy atom. The van der Waals surface area contributed by atoms with Gasteiger partial charge in [-0.1, -0.05) is 30.7 Å². The van der Waals surface area contributed by atoms with Crippen molar-refractivity contribution >= 4 is 17.4 Å². The number of benzene rings is 1. The Morgan fingerprint density at radius 1 is 1.39 bits per heavy atom. The highest BCUT2D eigenvalue weighted by molar-refractivity contribution is 6.31. The Bertz CT molecular complexity index is 403. The van der Waals surface area contributed by atoms with Gasteiger partial charge >= 0.3 is 0 Å². The zero-order valence-corrected chi connectivity index (χ0v) is 12.0. The average molecular weight is 268 g/mol. The Kier molecular flexibility index (Phi) is 6.37. The molecule has 3 heteroatoms. The maximum absolute atomic E-state index is 11.9. The van der Waals surface area contributed by atoms with Gasteiger partial charge in [-0.05, 0) is 49.4 Å². The Balaban J connectivity index is 2.44. The summed E-state index contributed by atoms with van der Waals surface area (Å²) in [6, 6.07) is 5.84. The highest BCUT2D eigenvalue weighted by Gasteiger charge is 2.09. The maximum atomic E-state index is 11.9. The molecule has 0 bridgehead atoms. The van der Waals surface area contributed by atoms with Gasteiger partial charge in [0, 0.05) is 17.9 Å². The first-order valence-corrected chi connectivity index (χ1v) is 6.87. The van der Waals surface area contributed by atoms with Crippen LogP contribution in [0.15, 0.2) is 18.2 Å². The Labute approximate surface area is 115 Å². The van der Waals surface area contributed by atoms with Crippen LogP contribution in [0.4, 0.5) is 0 Å². The summed E-state index contributed by atoms with van der Waals surface area (Å²) in [6.45, 7) is 4.82. The molecule has 0 radical (unpaired) electrons. The third-order valence-electron chi connectivity index (χ3n) is 3.17. The minimum atomic E-state index is 0.254. The van der Waals surface area contributed by atoms with Gasteiger partial charge in [0.25, 0.3) is 0 Å². The van der Waals surface area contributed by atoms with Crippen molar-refractivity contribution in [1.29, 1.82) is 0 Å². The predicted molar refractivity (Wildman–Crippen MR) is 77.0 cm³/mol. The SMILES string of the molecule is Cc1ccc(CC(=O)CCC(C)CCN)c(Cl)c1. The number of carbonyl (C=O) groups is 1. The minimum Gasteiger partial charge on any atom is -0.330 e. The first-order valence-electron chi connectivity index (χ1n) is 6.49. The van der Waals surface area contributed by atoms with Gasteiger partial charge < -0.3 is 5.73 Å². The lowest BCUT2D eigenvalue weighted by molar-refractivity contribution is -0.118. The van der Waals surface area contributed by atoms with E-state index in [0.29, 0.717) is 30.3 Å². The molecule has 0 aromatic heterocycles. The molecule has 0 spiro atoms. The first-order chi connectivity index (χ1) is 8.52. The molecule has 1 unspecified atom stereocenters. The summed E-state index contributed by atoms with van der Waals surface area (Å²) in [4.78, 5) is 11.9. The van der Waals surface area contributed by atoms with Crippen LogP contribution in [0.3, 0.4) is 0 Å². The third-order valence-corrected chi connectivity index (χ3v) is 3.52. The number of hydrogen-bond acceptors (Lipinski definition) is 2. The summed E-state index contributed by atoms with van der Waals surface area (Å²) >= 11 is 6.12. The molecule has 0 saturated carbocycles. The number of aryl methyl sites for hydroxylation is 1. The smallest absolute Gasteiger partial charge is 0.137 e. The van der Waals surface area contributed by atoms with Crippen LogP contribution >= 0.6 is 11.6 Å². The van der Waals surface area contributed by atoms with Gasteiger partial charge in [-0.2, -0.15) is 0 Å². The van der Waals surface area contributed by atoms with Crippen molar-refractivity contribution in [2.75, 3.05) is 6.54 Å². The molecular weight excluding hydrogens is 246 g/mol. The predicted octanol–water partition coefficient (Wildman–Crippen LogP) is 3.53. The molecule has 1 aromatic rings. The number of ketones is 1. The molecule has 0 aliphatic heterocycles. The van der Waals surface area contributed by atoms with Crippen LogP contribution < -0.4 is 5.73 Å². The van der Waals surface area contributed by atoms with E-state index in [0.717, 1.165) is 24.0 Å². The normalized spacial score (nSPS) is 12.4. The van der Waals surface area contributed by atoms with Crippen LogP contribution in [0.2, 0.25) is 5.02 Å². The summed E-state index contributed by atoms with van der Waals surface area (Å²) in [5, 5.41) is 0.693. The molecule has 18 heavy (non-hydrogen) atoms. The number of carbonyl (C=O) groups excluding carboxylic acids is 1. The highest BCUT2D eigenvalue weighted by Crippen LogP contribution is 2.19. The van der Waals surface area contributed by atoms with Crippen molar-refractivity contribution in [2.45, 2.75) is 39.5 Å². The van der Waals surface area contributed by atoms with Gasteiger partial charge in [-0.25, -0.2) is 0 Å². The lowest BCUT2D eigenvalue weighted by atomic mass is 9.97. The monoisotopic (exact) mass is 267 g/mol. The van der Waals surface area contributed by atoms with E-state index in [1.54, 1.807) is 0 Å². The minimum absolute atomic E-state index is 0.254. The lowest BCUT2D eigenvalue weighted by Crippen LogP contribution is -2.09. The highest BCUT2D eigenvalue weighted by atomic mass is 35.5. The largest absolute Gasteiger partial charge is 0.330 e. The van der Waals surface area contributed by atoms with Crippen molar-refractivity contribution in [2.24, 2.45) is 11.7 Å². The zero-order chi connectivity index (χ0) is 13.5. The zero-order valence-electron chi connectivity index (χ0n) is 11.2. The van der Waals surface area contributed by atoms with E-state index < -0.39 is 0 Å². The molecule has 0 heterocycles. The molecule has 1 aromatic carbocycles. The summed E-state index contributed by atoms with van der Waals surface area (Å²) in [6.07, 6.45) is 2.96. The van der Waals surface area contributed by atoms with Gasteiger partial charge in [0.1, 0.15) is 5.78 Å². The molecule has 2 N–H and O–H groups in total. The topological polar surface area (TPSA) is 43.1 Å². The lowest BCUT2D eigenvalue weighted by Gasteiger charge is -2.09. The van der Waals surface area contributed by atoms with E-state index in [2.05, 4.69) is 6.92 Å². The number of hydrogen-bond donors (Lipinski definition) is 1. The van der Waals surface area contributed by atoms with Crippen LogP contribution in [0.1, 0.15) is 37.3 Å². The second kappa shape index (κ2) is 7.55. The molecule has 2 nitrogen and oxygen atoms in total. The van der Waals surface area contributed by atoms with Crippen molar-refractivity contribution in [3.05, 3.63) is 34.3 Å². The number of nitrogens with two attached hydrogens (primary N) is 1. The van der Waals surface area contributed by atoms with Gasteiger partial charge in [0.05, 0.1) is 0 Å². The maximum Gasteiger partial charge on any atom is 0.137 e. The molecule has 0 fully saturated rings. The second-order valence-corrected chi connectivity index (χ2v) is 5.44. The fourth-order valence-corrected chi connectivity index (χ4v) is 2.23. The van der Waals surface area contributed by atoms with E-state index in [9.17, 15) is 4.79 Å². The third kappa shape index (κ3) is 5.19. The second-order valence-electron chi connectivity index (χ2n) is 5.03. The number of halogens is 1. The van der Waals surface area contributed by atoms with Crippen LogP contribution in [-0.4, -0.2) is 12.3 Å². The summed E-state index contributed by atoms with van der Waals surface area (Å²) in [7, 11) is 0. The van der Waals surface area contributed by atoms with Crippen molar-refractivity contribution in [3.63, 3.8) is 0 Å². The molecule has 0 saturated heterocycles. The first kappa shape index (κ1) is 15.2. The van der Waals surface area contributed by atoms with Crippen LogP contribution in [0.5, 0.6) is 0 Å². The van der Waals surface area contributed by atoms with Crippen LogP contribution in [0.25, 0.3) is 0 Å². The molecule has 100 valence electrons. The molecule has 1 atom stereocenters. The fraction of sp³-hybridized carbons (Fsp3) is 0.533. The fourth-order valence-electron chi connectivity index (χ4n) is 1.93. The van der Waals surface area contributed by atoms with E-state index in [1.807, 2.05) is 25.1 Å². The van der Waals surface area contributed by atoms with Crippen LogP contribution in [0, 0.1) is 12.8 Å². The van der Waals surface area contributed by atoms with E-state index >= 15 is 0 Å². The summed E-state index contributed by atoms with van der Waals surface area (Å²) < 4.78 is 0. The van der Waals surface area contributed by atoms with Crippen molar-refractivity contribution < 1.29 is 4.79 Å². The molecule has 0 aliphatic rings. The molecule has 1 rings (SSSR count). The van der Waals surface area contributed by atoms with Gasteiger partial charge in [-0.15, -0.1) is 0 Å². The van der Waals surface area contributed by atoms with Crippen molar-refractivity contribution in [3.8, 4) is 0 Å². The summed E-state index contributed by atoms with van der Waals surface area (Å²) in [5.74, 6) is 0.775. The van der Waals surface area contributed by atoms with E-state index in [4.69, 9.17) is 17.3 Å². The molecule has 0 amide bonds. The van der Waals surface area contributed by atoms with E-state index in [-0.39, 0.29) is 5.78 Å². The molecular formula is C15H22ClNO. The van der Waals surface area contributed by atoms with Gasteiger partial charge in [0.15, 0.2) is 0 Å². The van der Waals surface area contributed by atoms with Gasteiger partial charge in [0.2, 0.25) is 0 Å². The number of Topliss-reactive ketones (excluding diaryl/α,β-unsaturated/α-hetero) is 1.